The van der Waals surface area contributed by atoms with E-state index in [0.717, 1.165) is 48.9 Å². The van der Waals surface area contributed by atoms with Gasteiger partial charge in [0.2, 0.25) is 0 Å². The van der Waals surface area contributed by atoms with Crippen LogP contribution in [0.25, 0.3) is 44.5 Å². The Balaban J connectivity index is 1.44. The Kier molecular flexibility index (Phi) is 6.21. The van der Waals surface area contributed by atoms with E-state index >= 15 is 0 Å². The van der Waals surface area contributed by atoms with E-state index in [1.807, 2.05) is 30.3 Å². The SMILES string of the molecule is COC(=O)c1ccc(-c2cc3c(N[C@H]4CN5CCC4CC5)c(-c4nc5ccccc5[nH]4)c(=O)[nH]c3cc2Cl)c(N)c1. The third kappa shape index (κ3) is 4.42. The molecule has 3 fully saturated rings. The van der Waals surface area contributed by atoms with Gasteiger partial charge >= 0.3 is 5.97 Å². The van der Waals surface area contributed by atoms with Crippen LogP contribution in [0.3, 0.4) is 0 Å². The predicted octanol–water partition coefficient (Wildman–Crippen LogP) is 5.27. The maximum Gasteiger partial charge on any atom is 0.337 e. The van der Waals surface area contributed by atoms with Gasteiger partial charge in [0.15, 0.2) is 0 Å². The van der Waals surface area contributed by atoms with Crippen LogP contribution in [0.4, 0.5) is 11.4 Å². The number of aromatic nitrogens is 3. The molecule has 208 valence electrons. The molecule has 2 bridgehead atoms. The lowest BCUT2D eigenvalue weighted by molar-refractivity contribution is 0.0601. The molecule has 0 aliphatic carbocycles. The number of carbonyl (C=O) groups is 1. The normalized spacial score (nSPS) is 20.0. The second kappa shape index (κ2) is 9.94. The summed E-state index contributed by atoms with van der Waals surface area (Å²) in [4.78, 5) is 39.4. The van der Waals surface area contributed by atoms with Gasteiger partial charge in [-0.25, -0.2) is 9.78 Å². The molecule has 5 N–H and O–H groups in total. The number of halogens is 1. The molecule has 0 unspecified atom stereocenters. The molecular weight excluding hydrogens is 540 g/mol. The average Bonchev–Trinajstić information content (AvgIpc) is 3.41. The number of pyridine rings is 1. The highest BCUT2D eigenvalue weighted by atomic mass is 35.5. The Morgan fingerprint density at radius 3 is 2.59 bits per heavy atom. The molecule has 3 aromatic carbocycles. The molecule has 3 aliphatic heterocycles. The predicted molar refractivity (Wildman–Crippen MR) is 162 cm³/mol. The number of rotatable bonds is 5. The number of nitrogens with one attached hydrogen (secondary N) is 3. The summed E-state index contributed by atoms with van der Waals surface area (Å²) < 4.78 is 4.84. The van der Waals surface area contributed by atoms with Gasteiger partial charge in [0, 0.05) is 34.8 Å². The standard InChI is InChI=1S/C31H29ClN6O3/c1-41-31(40)17-6-7-18(22(33)12-17)19-13-20-25(14-21(19)32)37-30(39)27(29-35-23-4-2-3-5-24(23)36-29)28(20)34-26-15-38-10-8-16(26)9-11-38/h2-7,12-14,16,26H,8-11,15,33H2,1H3,(H,35,36)(H2,34,37,39)/t26-/m0/s1. The summed E-state index contributed by atoms with van der Waals surface area (Å²) in [6.07, 6.45) is 2.25. The number of carbonyl (C=O) groups excluding carboxylic acids is 1. The number of nitrogens with two attached hydrogens (primary N) is 1. The number of nitrogen functional groups attached to an aromatic ring is 1. The number of nitrogens with zero attached hydrogens (tertiary/aromatic N) is 2. The van der Waals surface area contributed by atoms with E-state index in [9.17, 15) is 9.59 Å². The van der Waals surface area contributed by atoms with Gasteiger partial charge in [-0.1, -0.05) is 29.8 Å². The summed E-state index contributed by atoms with van der Waals surface area (Å²) in [6, 6.07) is 16.6. The molecule has 8 rings (SSSR count). The number of aromatic amines is 2. The molecule has 41 heavy (non-hydrogen) atoms. The molecule has 0 amide bonds. The number of ether oxygens (including phenoxy) is 1. The van der Waals surface area contributed by atoms with E-state index in [4.69, 9.17) is 27.1 Å². The molecule has 0 saturated carbocycles. The highest BCUT2D eigenvalue weighted by Crippen LogP contribution is 2.40. The first kappa shape index (κ1) is 25.6. The molecule has 2 aromatic heterocycles. The average molecular weight is 569 g/mol. The number of H-pyrrole nitrogens is 2. The second-order valence-corrected chi connectivity index (χ2v) is 11.3. The fourth-order valence-corrected chi connectivity index (χ4v) is 6.60. The van der Waals surface area contributed by atoms with Gasteiger partial charge < -0.3 is 30.7 Å². The van der Waals surface area contributed by atoms with E-state index in [-0.39, 0.29) is 11.6 Å². The monoisotopic (exact) mass is 568 g/mol. The first-order chi connectivity index (χ1) is 19.9. The van der Waals surface area contributed by atoms with Crippen LogP contribution in [-0.2, 0) is 4.74 Å². The van der Waals surface area contributed by atoms with Crippen molar-refractivity contribution in [3.8, 4) is 22.5 Å². The van der Waals surface area contributed by atoms with Crippen LogP contribution in [0.15, 0.2) is 59.4 Å². The molecule has 1 atom stereocenters. The molecule has 0 radical (unpaired) electrons. The fraction of sp³-hybridized carbons (Fsp3) is 0.258. The van der Waals surface area contributed by atoms with Crippen LogP contribution < -0.4 is 16.6 Å². The van der Waals surface area contributed by atoms with Gasteiger partial charge in [-0.05, 0) is 68.2 Å². The smallest absolute Gasteiger partial charge is 0.337 e. The maximum absolute atomic E-state index is 13.7. The van der Waals surface area contributed by atoms with Crippen molar-refractivity contribution in [2.45, 2.75) is 18.9 Å². The zero-order chi connectivity index (χ0) is 28.2. The highest BCUT2D eigenvalue weighted by molar-refractivity contribution is 6.34. The lowest BCUT2D eigenvalue weighted by Crippen LogP contribution is -2.53. The lowest BCUT2D eigenvalue weighted by atomic mass is 9.83. The summed E-state index contributed by atoms with van der Waals surface area (Å²) in [5.74, 6) is 0.549. The molecule has 9 nitrogen and oxygen atoms in total. The Bertz CT molecular complexity index is 1860. The summed E-state index contributed by atoms with van der Waals surface area (Å²) >= 11 is 6.78. The van der Waals surface area contributed by atoms with Crippen molar-refractivity contribution in [1.82, 2.24) is 19.9 Å². The largest absolute Gasteiger partial charge is 0.465 e. The second-order valence-electron chi connectivity index (χ2n) is 10.9. The van der Waals surface area contributed by atoms with Crippen LogP contribution in [0.5, 0.6) is 0 Å². The fourth-order valence-electron chi connectivity index (χ4n) is 6.34. The Labute approximate surface area is 240 Å². The topological polar surface area (TPSA) is 129 Å². The quantitative estimate of drug-likeness (QED) is 0.168. The summed E-state index contributed by atoms with van der Waals surface area (Å²) in [7, 11) is 1.33. The van der Waals surface area contributed by atoms with Crippen molar-refractivity contribution in [2.24, 2.45) is 5.92 Å². The number of imidazole rings is 1. The van der Waals surface area contributed by atoms with Gasteiger partial charge in [0.1, 0.15) is 11.4 Å². The number of anilines is 2. The third-order valence-electron chi connectivity index (χ3n) is 8.48. The van der Waals surface area contributed by atoms with Crippen LogP contribution in [0, 0.1) is 5.92 Å². The van der Waals surface area contributed by atoms with Gasteiger partial charge in [-0.3, -0.25) is 4.79 Å². The third-order valence-corrected chi connectivity index (χ3v) is 8.79. The minimum Gasteiger partial charge on any atom is -0.465 e. The number of piperidine rings is 3. The molecule has 3 aliphatic rings. The van der Waals surface area contributed by atoms with Crippen molar-refractivity contribution in [3.63, 3.8) is 0 Å². The minimum absolute atomic E-state index is 0.189. The molecule has 5 heterocycles. The molecule has 10 heteroatoms. The van der Waals surface area contributed by atoms with Gasteiger partial charge in [0.05, 0.1) is 39.9 Å². The summed E-state index contributed by atoms with van der Waals surface area (Å²) in [5.41, 5.74) is 11.7. The molecular formula is C31H29ClN6O3. The van der Waals surface area contributed by atoms with E-state index in [1.54, 1.807) is 24.3 Å². The minimum atomic E-state index is -0.468. The van der Waals surface area contributed by atoms with Crippen LogP contribution >= 0.6 is 11.6 Å². The molecule has 3 saturated heterocycles. The van der Waals surface area contributed by atoms with Crippen molar-refractivity contribution in [3.05, 3.63) is 75.5 Å². The lowest BCUT2D eigenvalue weighted by Gasteiger charge is -2.45. The number of methoxy groups -OCH3 is 1. The number of para-hydroxylation sites is 2. The van der Waals surface area contributed by atoms with Crippen LogP contribution in [-0.4, -0.2) is 58.6 Å². The van der Waals surface area contributed by atoms with E-state index in [1.165, 1.54) is 7.11 Å². The van der Waals surface area contributed by atoms with Crippen molar-refractivity contribution < 1.29 is 9.53 Å². The van der Waals surface area contributed by atoms with Gasteiger partial charge in [-0.15, -0.1) is 0 Å². The first-order valence-corrected chi connectivity index (χ1v) is 14.1. The van der Waals surface area contributed by atoms with E-state index < -0.39 is 5.97 Å². The first-order valence-electron chi connectivity index (χ1n) is 13.7. The molecule has 0 spiro atoms. The summed E-state index contributed by atoms with van der Waals surface area (Å²) in [6.45, 7) is 3.13. The van der Waals surface area contributed by atoms with Crippen molar-refractivity contribution in [2.75, 3.05) is 37.8 Å². The van der Waals surface area contributed by atoms with Crippen molar-refractivity contribution >= 4 is 50.9 Å². The Morgan fingerprint density at radius 1 is 1.07 bits per heavy atom. The van der Waals surface area contributed by atoms with Gasteiger partial charge in [-0.2, -0.15) is 0 Å². The zero-order valence-corrected chi connectivity index (χ0v) is 23.2. The van der Waals surface area contributed by atoms with Crippen molar-refractivity contribution in [1.29, 1.82) is 0 Å². The highest BCUT2D eigenvalue weighted by Gasteiger charge is 2.35. The number of fused-ring (bicyclic) bond motifs is 5. The molecule has 5 aromatic rings. The van der Waals surface area contributed by atoms with Crippen LogP contribution in [0.1, 0.15) is 23.2 Å². The Morgan fingerprint density at radius 2 is 1.88 bits per heavy atom. The number of esters is 1. The van der Waals surface area contributed by atoms with Crippen LogP contribution in [0.2, 0.25) is 5.02 Å². The maximum atomic E-state index is 13.7. The number of benzene rings is 3. The van der Waals surface area contributed by atoms with Gasteiger partial charge in [0.25, 0.3) is 5.56 Å². The van der Waals surface area contributed by atoms with E-state index in [0.29, 0.717) is 55.9 Å². The number of hydrogen-bond acceptors (Lipinski definition) is 7. The zero-order valence-electron chi connectivity index (χ0n) is 22.5. The van der Waals surface area contributed by atoms with E-state index in [2.05, 4.69) is 20.2 Å². The number of hydrogen-bond donors (Lipinski definition) is 4. The Hall–Kier alpha value is -4.34. The summed E-state index contributed by atoms with van der Waals surface area (Å²) in [5, 5.41) is 5.02.